The van der Waals surface area contributed by atoms with Gasteiger partial charge in [0, 0.05) is 24.3 Å². The van der Waals surface area contributed by atoms with E-state index in [0.717, 1.165) is 12.1 Å². The molecule has 6 nitrogen and oxygen atoms in total. The van der Waals surface area contributed by atoms with Crippen LogP contribution in [0.25, 0.3) is 27.6 Å². The number of aromatic nitrogens is 3. The van der Waals surface area contributed by atoms with Gasteiger partial charge in [0.25, 0.3) is 0 Å². The minimum atomic E-state index is -4.43. The molecule has 0 amide bonds. The molecule has 0 aliphatic carbocycles. The van der Waals surface area contributed by atoms with E-state index in [0.29, 0.717) is 27.6 Å². The number of aryl methyl sites for hydroxylation is 1. The second-order valence-electron chi connectivity index (χ2n) is 6.14. The van der Waals surface area contributed by atoms with Crippen LogP contribution in [0.15, 0.2) is 53.6 Å². The van der Waals surface area contributed by atoms with E-state index in [1.165, 1.54) is 24.3 Å². The Kier molecular flexibility index (Phi) is 3.62. The molecule has 2 heterocycles. The van der Waals surface area contributed by atoms with Crippen LogP contribution in [0.3, 0.4) is 0 Å². The van der Waals surface area contributed by atoms with Crippen molar-refractivity contribution < 1.29 is 21.6 Å². The molecule has 0 aliphatic heterocycles. The van der Waals surface area contributed by atoms with Crippen LogP contribution in [0, 0.1) is 0 Å². The summed E-state index contributed by atoms with van der Waals surface area (Å²) in [5, 5.41) is 10.1. The van der Waals surface area contributed by atoms with Gasteiger partial charge in [-0.2, -0.15) is 18.3 Å². The van der Waals surface area contributed by atoms with E-state index in [4.69, 9.17) is 5.14 Å². The molecule has 0 fully saturated rings. The molecule has 27 heavy (non-hydrogen) atoms. The molecule has 0 atom stereocenters. The number of sulfonamides is 1. The number of rotatable bonds is 2. The molecule has 2 aromatic carbocycles. The molecule has 4 aromatic rings. The van der Waals surface area contributed by atoms with Crippen molar-refractivity contribution in [3.63, 3.8) is 0 Å². The third-order valence-corrected chi connectivity index (χ3v) is 5.21. The van der Waals surface area contributed by atoms with Gasteiger partial charge in [0.05, 0.1) is 21.5 Å². The van der Waals surface area contributed by atoms with Crippen LogP contribution < -0.4 is 5.14 Å². The summed E-state index contributed by atoms with van der Waals surface area (Å²) < 4.78 is 65.1. The van der Waals surface area contributed by atoms with Gasteiger partial charge in [-0.1, -0.05) is 0 Å². The summed E-state index contributed by atoms with van der Waals surface area (Å²) in [6, 6.07) is 9.07. The first-order chi connectivity index (χ1) is 12.6. The number of halogens is 3. The highest BCUT2D eigenvalue weighted by atomic mass is 32.2. The number of primary sulfonamides is 1. The van der Waals surface area contributed by atoms with Crippen molar-refractivity contribution in [3.05, 3.63) is 54.2 Å². The fourth-order valence-corrected chi connectivity index (χ4v) is 3.66. The van der Waals surface area contributed by atoms with Crippen LogP contribution >= 0.6 is 0 Å². The average molecular weight is 394 g/mol. The summed E-state index contributed by atoms with van der Waals surface area (Å²) in [5.41, 5.74) is 1.53. The number of nitrogens with zero attached hydrogens (tertiary/aromatic N) is 3. The first-order valence-corrected chi connectivity index (χ1v) is 9.28. The van der Waals surface area contributed by atoms with Gasteiger partial charge in [-0.15, -0.1) is 0 Å². The lowest BCUT2D eigenvalue weighted by Gasteiger charge is -2.10. The van der Waals surface area contributed by atoms with E-state index in [-0.39, 0.29) is 4.90 Å². The maximum absolute atomic E-state index is 12.8. The quantitative estimate of drug-likeness (QED) is 0.567. The molecular formula is C17H13F3N4O2S. The predicted molar refractivity (Wildman–Crippen MR) is 93.9 cm³/mol. The van der Waals surface area contributed by atoms with Gasteiger partial charge in [-0.3, -0.25) is 4.68 Å². The van der Waals surface area contributed by atoms with Crippen molar-refractivity contribution in [3.8, 4) is 5.69 Å². The SMILES string of the molecule is Cn1cc2c(n1)c1cc(S(N)(=O)=O)ccc1n2-c1ccc(C(F)(F)F)cc1. The summed E-state index contributed by atoms with van der Waals surface area (Å²) in [6.45, 7) is 0. The molecule has 10 heteroatoms. The molecule has 0 radical (unpaired) electrons. The lowest BCUT2D eigenvalue weighted by molar-refractivity contribution is -0.137. The van der Waals surface area contributed by atoms with Crippen molar-refractivity contribution in [2.45, 2.75) is 11.1 Å². The Bertz CT molecular complexity index is 1290. The standard InChI is InChI=1S/C17H13F3N4O2S/c1-23-9-15-16(22-23)13-8-12(27(21,25)26)6-7-14(13)24(15)11-4-2-10(3-5-11)17(18,19)20/h2-9H,1H3,(H2,21,25,26). The Hall–Kier alpha value is -2.85. The number of fused-ring (bicyclic) bond motifs is 3. The molecule has 0 unspecified atom stereocenters. The molecule has 2 N–H and O–H groups in total. The minimum Gasteiger partial charge on any atom is -0.306 e. The summed E-state index contributed by atoms with van der Waals surface area (Å²) in [5.74, 6) is 0. The molecule has 0 spiro atoms. The number of alkyl halides is 3. The smallest absolute Gasteiger partial charge is 0.306 e. The summed E-state index contributed by atoms with van der Waals surface area (Å²) in [4.78, 5) is -0.0628. The maximum Gasteiger partial charge on any atom is 0.416 e. The van der Waals surface area contributed by atoms with Crippen LogP contribution in [-0.4, -0.2) is 22.8 Å². The lowest BCUT2D eigenvalue weighted by atomic mass is 10.2. The van der Waals surface area contributed by atoms with Crippen molar-refractivity contribution in [2.75, 3.05) is 0 Å². The van der Waals surface area contributed by atoms with E-state index >= 15 is 0 Å². The minimum absolute atomic E-state index is 0.0628. The Morgan fingerprint density at radius 3 is 2.30 bits per heavy atom. The molecule has 0 bridgehead atoms. The zero-order chi connectivity index (χ0) is 19.6. The van der Waals surface area contributed by atoms with E-state index < -0.39 is 21.8 Å². The van der Waals surface area contributed by atoms with Gasteiger partial charge in [0.2, 0.25) is 10.0 Å². The Balaban J connectivity index is 2.01. The van der Waals surface area contributed by atoms with Gasteiger partial charge >= 0.3 is 6.18 Å². The summed E-state index contributed by atoms with van der Waals surface area (Å²) in [6.07, 6.45) is -2.71. The van der Waals surface area contributed by atoms with Gasteiger partial charge in [-0.05, 0) is 42.5 Å². The predicted octanol–water partition coefficient (Wildman–Crippen LogP) is 3.18. The Morgan fingerprint density at radius 2 is 1.70 bits per heavy atom. The highest BCUT2D eigenvalue weighted by molar-refractivity contribution is 7.89. The molecule has 4 rings (SSSR count). The van der Waals surface area contributed by atoms with E-state index in [2.05, 4.69) is 5.10 Å². The van der Waals surface area contributed by atoms with Crippen LogP contribution in [0.1, 0.15) is 5.56 Å². The Labute approximate surface area is 151 Å². The number of nitrogens with two attached hydrogens (primary N) is 1. The number of benzene rings is 2. The highest BCUT2D eigenvalue weighted by Crippen LogP contribution is 2.34. The summed E-state index contributed by atoms with van der Waals surface area (Å²) >= 11 is 0. The molecule has 0 saturated carbocycles. The second-order valence-corrected chi connectivity index (χ2v) is 7.70. The van der Waals surface area contributed by atoms with E-state index in [9.17, 15) is 21.6 Å². The van der Waals surface area contributed by atoms with Crippen molar-refractivity contribution in [1.29, 1.82) is 0 Å². The van der Waals surface area contributed by atoms with Crippen LogP contribution in [0.5, 0.6) is 0 Å². The molecule has 0 saturated heterocycles. The number of hydrogen-bond donors (Lipinski definition) is 1. The number of hydrogen-bond acceptors (Lipinski definition) is 3. The maximum atomic E-state index is 12.8. The zero-order valence-electron chi connectivity index (χ0n) is 13.9. The fourth-order valence-electron chi connectivity index (χ4n) is 3.12. The monoisotopic (exact) mass is 394 g/mol. The van der Waals surface area contributed by atoms with Crippen molar-refractivity contribution in [2.24, 2.45) is 12.2 Å². The summed E-state index contributed by atoms with van der Waals surface area (Å²) in [7, 11) is -2.20. The molecule has 0 aliphatic rings. The third-order valence-electron chi connectivity index (χ3n) is 4.30. The highest BCUT2D eigenvalue weighted by Gasteiger charge is 2.30. The fraction of sp³-hybridized carbons (Fsp3) is 0.118. The van der Waals surface area contributed by atoms with Gasteiger partial charge < -0.3 is 4.57 Å². The van der Waals surface area contributed by atoms with Crippen molar-refractivity contribution in [1.82, 2.24) is 14.3 Å². The van der Waals surface area contributed by atoms with Crippen LogP contribution in [0.2, 0.25) is 0 Å². The Morgan fingerprint density at radius 1 is 1.04 bits per heavy atom. The molecule has 2 aromatic heterocycles. The lowest BCUT2D eigenvalue weighted by Crippen LogP contribution is -2.11. The molecule has 140 valence electrons. The van der Waals surface area contributed by atoms with Crippen LogP contribution in [0.4, 0.5) is 13.2 Å². The zero-order valence-corrected chi connectivity index (χ0v) is 14.7. The molecular weight excluding hydrogens is 381 g/mol. The normalized spacial score (nSPS) is 12.9. The first-order valence-electron chi connectivity index (χ1n) is 7.74. The second kappa shape index (κ2) is 5.57. The van der Waals surface area contributed by atoms with Gasteiger partial charge in [0.1, 0.15) is 5.52 Å². The van der Waals surface area contributed by atoms with E-state index in [1.807, 2.05) is 0 Å². The van der Waals surface area contributed by atoms with Crippen LogP contribution in [-0.2, 0) is 23.2 Å². The largest absolute Gasteiger partial charge is 0.416 e. The third kappa shape index (κ3) is 2.86. The van der Waals surface area contributed by atoms with Gasteiger partial charge in [-0.25, -0.2) is 13.6 Å². The van der Waals surface area contributed by atoms with E-state index in [1.54, 1.807) is 28.6 Å². The topological polar surface area (TPSA) is 82.9 Å². The van der Waals surface area contributed by atoms with Gasteiger partial charge in [0.15, 0.2) is 0 Å². The van der Waals surface area contributed by atoms with Crippen molar-refractivity contribution >= 4 is 32.0 Å². The first kappa shape index (κ1) is 17.6. The average Bonchev–Trinajstić information content (AvgIpc) is 3.07.